The second-order valence-electron chi connectivity index (χ2n) is 4.96. The number of hydrogen-bond acceptors (Lipinski definition) is 2. The second-order valence-corrected chi connectivity index (χ2v) is 4.96. The fraction of sp³-hybridized carbons (Fsp3) is 1.00. The van der Waals surface area contributed by atoms with Crippen LogP contribution in [0.3, 0.4) is 0 Å². The van der Waals surface area contributed by atoms with Crippen LogP contribution < -0.4 is 5.32 Å². The van der Waals surface area contributed by atoms with E-state index in [1.165, 1.54) is 4.90 Å². The molecule has 0 saturated heterocycles. The molecule has 0 bridgehead atoms. The molecule has 0 fully saturated rings. The molecule has 17 heavy (non-hydrogen) atoms. The van der Waals surface area contributed by atoms with Gasteiger partial charge in [-0.15, -0.1) is 0 Å². The van der Waals surface area contributed by atoms with Crippen molar-refractivity contribution in [2.75, 3.05) is 19.6 Å². The van der Waals surface area contributed by atoms with Gasteiger partial charge in [0, 0.05) is 12.1 Å². The van der Waals surface area contributed by atoms with Crippen molar-refractivity contribution >= 4 is 0 Å². The van der Waals surface area contributed by atoms with Crippen LogP contribution in [0.4, 0.5) is 13.2 Å². The highest BCUT2D eigenvalue weighted by Gasteiger charge is 2.33. The fourth-order valence-electron chi connectivity index (χ4n) is 1.73. The molecule has 2 unspecified atom stereocenters. The highest BCUT2D eigenvalue weighted by molar-refractivity contribution is 4.76. The summed E-state index contributed by atoms with van der Waals surface area (Å²) >= 11 is 0. The molecular weight excluding hydrogens is 229 g/mol. The Hall–Kier alpha value is -0.290. The Bertz CT molecular complexity index is 204. The van der Waals surface area contributed by atoms with E-state index in [2.05, 4.69) is 5.32 Å². The molecule has 0 saturated carbocycles. The Morgan fingerprint density at radius 3 is 2.00 bits per heavy atom. The molecular formula is C12H25F3N2. The van der Waals surface area contributed by atoms with Gasteiger partial charge >= 0.3 is 6.18 Å². The smallest absolute Gasteiger partial charge is 0.314 e. The molecule has 0 heterocycles. The van der Waals surface area contributed by atoms with Gasteiger partial charge in [-0.3, -0.25) is 4.90 Å². The normalized spacial score (nSPS) is 16.6. The molecule has 0 aliphatic heterocycles. The maximum atomic E-state index is 12.4. The lowest BCUT2D eigenvalue weighted by atomic mass is 10.0. The van der Waals surface area contributed by atoms with E-state index in [4.69, 9.17) is 0 Å². The van der Waals surface area contributed by atoms with Crippen LogP contribution in [0, 0.1) is 5.92 Å². The van der Waals surface area contributed by atoms with E-state index in [1.54, 1.807) is 6.92 Å². The zero-order valence-electron chi connectivity index (χ0n) is 11.4. The third-order valence-electron chi connectivity index (χ3n) is 3.04. The maximum absolute atomic E-state index is 12.4. The standard InChI is InChI=1S/C12H25F3N2/c1-6-17(8-12(13,14)15)11(5)10(4)7-16-9(2)3/h9-11,16H,6-8H2,1-5H3. The van der Waals surface area contributed by atoms with Crippen LogP contribution in [-0.4, -0.2) is 42.8 Å². The topological polar surface area (TPSA) is 15.3 Å². The summed E-state index contributed by atoms with van der Waals surface area (Å²) in [5.41, 5.74) is 0. The van der Waals surface area contributed by atoms with Crippen LogP contribution >= 0.6 is 0 Å². The van der Waals surface area contributed by atoms with E-state index in [9.17, 15) is 13.2 Å². The van der Waals surface area contributed by atoms with Crippen molar-refractivity contribution in [2.45, 2.75) is 52.9 Å². The molecule has 2 atom stereocenters. The predicted octanol–water partition coefficient (Wildman–Crippen LogP) is 2.89. The van der Waals surface area contributed by atoms with Crippen LogP contribution in [0.1, 0.15) is 34.6 Å². The van der Waals surface area contributed by atoms with Crippen molar-refractivity contribution in [3.8, 4) is 0 Å². The van der Waals surface area contributed by atoms with Crippen LogP contribution in [0.25, 0.3) is 0 Å². The van der Waals surface area contributed by atoms with Gasteiger partial charge in [-0.2, -0.15) is 13.2 Å². The molecule has 0 spiro atoms. The minimum absolute atomic E-state index is 0.0760. The summed E-state index contributed by atoms with van der Waals surface area (Å²) in [5.74, 6) is 0.194. The Balaban J connectivity index is 4.27. The van der Waals surface area contributed by atoms with Gasteiger partial charge < -0.3 is 5.32 Å². The Kier molecular flexibility index (Phi) is 7.09. The first-order valence-electron chi connectivity index (χ1n) is 6.21. The Morgan fingerprint density at radius 1 is 1.12 bits per heavy atom. The molecule has 5 heteroatoms. The number of rotatable bonds is 7. The number of hydrogen-bond donors (Lipinski definition) is 1. The highest BCUT2D eigenvalue weighted by atomic mass is 19.4. The van der Waals surface area contributed by atoms with Crippen LogP contribution in [0.15, 0.2) is 0 Å². The van der Waals surface area contributed by atoms with Crippen LogP contribution in [-0.2, 0) is 0 Å². The molecule has 0 aliphatic carbocycles. The summed E-state index contributed by atoms with van der Waals surface area (Å²) < 4.78 is 37.1. The molecule has 0 rings (SSSR count). The zero-order chi connectivity index (χ0) is 13.6. The van der Waals surface area contributed by atoms with E-state index in [1.807, 2.05) is 27.7 Å². The van der Waals surface area contributed by atoms with Crippen molar-refractivity contribution in [2.24, 2.45) is 5.92 Å². The second kappa shape index (κ2) is 7.21. The number of alkyl halides is 3. The summed E-state index contributed by atoms with van der Waals surface area (Å²) in [5, 5.41) is 3.26. The SMILES string of the molecule is CCN(CC(F)(F)F)C(C)C(C)CNC(C)C. The molecule has 104 valence electrons. The molecule has 0 aromatic carbocycles. The van der Waals surface area contributed by atoms with Crippen molar-refractivity contribution in [1.82, 2.24) is 10.2 Å². The average molecular weight is 254 g/mol. The van der Waals surface area contributed by atoms with Crippen molar-refractivity contribution in [1.29, 1.82) is 0 Å². The molecule has 0 amide bonds. The number of nitrogens with one attached hydrogen (secondary N) is 1. The third-order valence-corrected chi connectivity index (χ3v) is 3.04. The van der Waals surface area contributed by atoms with Crippen molar-refractivity contribution < 1.29 is 13.2 Å². The van der Waals surface area contributed by atoms with Gasteiger partial charge in [0.1, 0.15) is 0 Å². The molecule has 1 N–H and O–H groups in total. The lowest BCUT2D eigenvalue weighted by Gasteiger charge is -2.33. The summed E-state index contributed by atoms with van der Waals surface area (Å²) in [7, 11) is 0. The van der Waals surface area contributed by atoms with Gasteiger partial charge in [0.15, 0.2) is 0 Å². The first kappa shape index (κ1) is 16.7. The van der Waals surface area contributed by atoms with Gasteiger partial charge in [0.2, 0.25) is 0 Å². The van der Waals surface area contributed by atoms with Crippen molar-refractivity contribution in [3.05, 3.63) is 0 Å². The highest BCUT2D eigenvalue weighted by Crippen LogP contribution is 2.20. The van der Waals surface area contributed by atoms with E-state index in [0.29, 0.717) is 12.6 Å². The first-order valence-corrected chi connectivity index (χ1v) is 6.21. The largest absolute Gasteiger partial charge is 0.401 e. The molecule has 0 radical (unpaired) electrons. The molecule has 0 aromatic heterocycles. The maximum Gasteiger partial charge on any atom is 0.401 e. The fourth-order valence-corrected chi connectivity index (χ4v) is 1.73. The molecule has 2 nitrogen and oxygen atoms in total. The Morgan fingerprint density at radius 2 is 1.65 bits per heavy atom. The first-order chi connectivity index (χ1) is 7.67. The van der Waals surface area contributed by atoms with Gasteiger partial charge in [-0.1, -0.05) is 27.7 Å². The van der Waals surface area contributed by atoms with E-state index < -0.39 is 12.7 Å². The van der Waals surface area contributed by atoms with Gasteiger partial charge in [0.25, 0.3) is 0 Å². The van der Waals surface area contributed by atoms with Gasteiger partial charge in [0.05, 0.1) is 6.54 Å². The van der Waals surface area contributed by atoms with Crippen LogP contribution in [0.2, 0.25) is 0 Å². The van der Waals surface area contributed by atoms with E-state index in [0.717, 1.165) is 6.54 Å². The minimum Gasteiger partial charge on any atom is -0.314 e. The van der Waals surface area contributed by atoms with E-state index >= 15 is 0 Å². The quantitative estimate of drug-likeness (QED) is 0.751. The van der Waals surface area contributed by atoms with Gasteiger partial charge in [-0.05, 0) is 25.9 Å². The zero-order valence-corrected chi connectivity index (χ0v) is 11.4. The molecule has 0 aliphatic rings. The van der Waals surface area contributed by atoms with Crippen LogP contribution in [0.5, 0.6) is 0 Å². The summed E-state index contributed by atoms with van der Waals surface area (Å²) in [6.07, 6.45) is -4.12. The summed E-state index contributed by atoms with van der Waals surface area (Å²) in [6, 6.07) is 0.287. The third kappa shape index (κ3) is 7.60. The van der Waals surface area contributed by atoms with Crippen molar-refractivity contribution in [3.63, 3.8) is 0 Å². The van der Waals surface area contributed by atoms with E-state index in [-0.39, 0.29) is 12.0 Å². The number of halogens is 3. The average Bonchev–Trinajstić information content (AvgIpc) is 2.20. The lowest BCUT2D eigenvalue weighted by molar-refractivity contribution is -0.151. The minimum atomic E-state index is -4.12. The Labute approximate surface area is 103 Å². The number of nitrogens with zero attached hydrogens (tertiary/aromatic N) is 1. The van der Waals surface area contributed by atoms with Gasteiger partial charge in [-0.25, -0.2) is 0 Å². The monoisotopic (exact) mass is 254 g/mol. The summed E-state index contributed by atoms with van der Waals surface area (Å²) in [6.45, 7) is 10.0. The predicted molar refractivity (Wildman–Crippen MR) is 65.1 cm³/mol. The lowest BCUT2D eigenvalue weighted by Crippen LogP contribution is -2.46. The molecule has 0 aromatic rings. The summed E-state index contributed by atoms with van der Waals surface area (Å²) in [4.78, 5) is 1.48.